The zero-order valence-electron chi connectivity index (χ0n) is 3.40. The van der Waals surface area contributed by atoms with Crippen LogP contribution < -0.4 is 0 Å². The molecule has 0 radical (unpaired) electrons. The Balaban J connectivity index is 2.42. The molecule has 0 aromatic carbocycles. The second kappa shape index (κ2) is 2.53. The molecule has 1 aliphatic rings. The first kappa shape index (κ1) is 6.13. The summed E-state index contributed by atoms with van der Waals surface area (Å²) in [5, 5.41) is 0. The second-order valence-corrected chi connectivity index (χ2v) is 4.87. The molecule has 0 amide bonds. The number of hydrogen-bond acceptors (Lipinski definition) is 2. The van der Waals surface area contributed by atoms with Crippen LogP contribution in [0.3, 0.4) is 0 Å². The van der Waals surface area contributed by atoms with Gasteiger partial charge in [0.15, 0.2) is 0 Å². The highest BCUT2D eigenvalue weighted by atomic mass is 79.9. The third kappa shape index (κ3) is 1.76. The summed E-state index contributed by atoms with van der Waals surface area (Å²) in [5.41, 5.74) is 0. The zero-order chi connectivity index (χ0) is 5.28. The summed E-state index contributed by atoms with van der Waals surface area (Å²) in [6, 6.07) is 0. The molecule has 0 saturated heterocycles. The Labute approximate surface area is 63.7 Å². The van der Waals surface area contributed by atoms with E-state index in [9.17, 15) is 0 Å². The van der Waals surface area contributed by atoms with Crippen LogP contribution in [0.1, 0.15) is 0 Å². The van der Waals surface area contributed by atoms with Crippen molar-refractivity contribution in [3.8, 4) is 0 Å². The van der Waals surface area contributed by atoms with Gasteiger partial charge in [-0.15, -0.1) is 0 Å². The van der Waals surface area contributed by atoms with Crippen LogP contribution >= 0.6 is 44.0 Å². The van der Waals surface area contributed by atoms with Gasteiger partial charge in [0.25, 0.3) is 0 Å². The Bertz CT molecular complexity index is 103. The third-order valence-electron chi connectivity index (χ3n) is 0.582. The molecule has 0 N–H and O–H groups in total. The number of halogens is 2. The van der Waals surface area contributed by atoms with Crippen LogP contribution in [0.5, 0.6) is 0 Å². The summed E-state index contributed by atoms with van der Waals surface area (Å²) in [6.07, 6.45) is 2.10. The Hall–Kier alpha value is 1.01. The minimum absolute atomic E-state index is 0.977. The molecule has 0 fully saturated rings. The van der Waals surface area contributed by atoms with E-state index >= 15 is 0 Å². The van der Waals surface area contributed by atoms with E-state index < -0.39 is 0 Å². The van der Waals surface area contributed by atoms with Crippen molar-refractivity contribution in [1.29, 1.82) is 0 Å². The maximum atomic E-state index is 3.33. The van der Waals surface area contributed by atoms with Gasteiger partial charge in [-0.3, -0.25) is 0 Å². The number of rotatable bonds is 0. The van der Waals surface area contributed by atoms with E-state index in [1.807, 2.05) is 3.33 Å². The van der Waals surface area contributed by atoms with Crippen molar-refractivity contribution < 1.29 is 0 Å². The van der Waals surface area contributed by atoms with Crippen LogP contribution in [0.15, 0.2) is 9.89 Å². The fourth-order valence-electron chi connectivity index (χ4n) is 0.313. The molecule has 1 rings (SSSR count). The molecule has 7 heavy (non-hydrogen) atoms. The smallest absolute Gasteiger partial charge is 0.0641 e. The molecule has 0 aromatic rings. The van der Waals surface area contributed by atoms with Crippen LogP contribution in [0.2, 0.25) is 0 Å². The summed E-state index contributed by atoms with van der Waals surface area (Å²) < 4.78 is 3.15. The van der Waals surface area contributed by atoms with Crippen molar-refractivity contribution in [3.05, 3.63) is 9.89 Å². The third-order valence-corrected chi connectivity index (χ3v) is 2.75. The van der Waals surface area contributed by atoms with E-state index in [0.29, 0.717) is 0 Å². The average Bonchev–Trinajstić information content (AvgIpc) is 1.87. The summed E-state index contributed by atoms with van der Waals surface area (Å²) in [5.74, 6) is 0. The molecule has 0 atom stereocenters. The summed E-state index contributed by atoms with van der Waals surface area (Å²) in [7, 11) is 0. The van der Waals surface area contributed by atoms with E-state index in [4.69, 9.17) is 0 Å². The highest BCUT2D eigenvalue weighted by Crippen LogP contribution is 2.33. The van der Waals surface area contributed by atoms with Gasteiger partial charge in [0.2, 0.25) is 0 Å². The van der Waals surface area contributed by atoms with Gasteiger partial charge in [0, 0.05) is 22.7 Å². The van der Waals surface area contributed by atoms with Gasteiger partial charge >= 0.3 is 0 Å². The maximum absolute atomic E-state index is 3.33. The summed E-state index contributed by atoms with van der Waals surface area (Å²) in [4.78, 5) is 0. The Morgan fingerprint density at radius 1 is 1.86 bits per heavy atom. The monoisotopic (exact) mass is 243 g/mol. The largest absolute Gasteiger partial charge is 0.177 e. The maximum Gasteiger partial charge on any atom is 0.0641 e. The highest BCUT2D eigenvalue weighted by molar-refractivity contribution is 9.14. The predicted molar refractivity (Wildman–Crippen MR) is 40.2 cm³/mol. The fourth-order valence-corrected chi connectivity index (χ4v) is 2.66. The summed E-state index contributed by atoms with van der Waals surface area (Å²) >= 11 is 8.27. The molecule has 0 spiro atoms. The Morgan fingerprint density at radius 2 is 2.57 bits per heavy atom. The van der Waals surface area contributed by atoms with E-state index in [1.54, 1.807) is 11.9 Å². The minimum Gasteiger partial charge on any atom is -0.177 e. The Morgan fingerprint density at radius 3 is 2.71 bits per heavy atom. The van der Waals surface area contributed by atoms with Crippen molar-refractivity contribution in [3.63, 3.8) is 0 Å². The average molecular weight is 245 g/mol. The first-order valence-electron chi connectivity index (χ1n) is 1.76. The van der Waals surface area contributed by atoms with Crippen molar-refractivity contribution in [2.45, 2.75) is 0 Å². The van der Waals surface area contributed by atoms with Gasteiger partial charge in [0.05, 0.1) is 3.81 Å². The van der Waals surface area contributed by atoms with E-state index in [-0.39, 0.29) is 0 Å². The van der Waals surface area contributed by atoms with Crippen LogP contribution in [-0.2, 0) is 0 Å². The van der Waals surface area contributed by atoms with Crippen LogP contribution in [0.25, 0.3) is 0 Å². The molecule has 1 heterocycles. The lowest BCUT2D eigenvalue weighted by Crippen LogP contribution is -1.91. The van der Waals surface area contributed by atoms with E-state index in [2.05, 4.69) is 38.2 Å². The zero-order valence-corrected chi connectivity index (χ0v) is 7.38. The molecule has 40 valence electrons. The quantitative estimate of drug-likeness (QED) is 0.476. The lowest BCUT2D eigenvalue weighted by atomic mass is 10.7. The molecular formula is C3H3Br2NS. The number of hydrogen-bond donors (Lipinski definition) is 0. The van der Waals surface area contributed by atoms with E-state index in [1.165, 1.54) is 3.81 Å². The van der Waals surface area contributed by atoms with Crippen LogP contribution in [0, 0.1) is 0 Å². The van der Waals surface area contributed by atoms with Crippen molar-refractivity contribution in [1.82, 2.24) is 3.33 Å². The second-order valence-electron chi connectivity index (χ2n) is 1.10. The standard InChI is InChI=1S/C3H3Br2NS/c4-3-1-2-6(5)7-3/h1H,2H2. The normalized spacial score (nSPS) is 22.9. The summed E-state index contributed by atoms with van der Waals surface area (Å²) in [6.45, 7) is 0.977. The van der Waals surface area contributed by atoms with Gasteiger partial charge in [-0.25, -0.2) is 0 Å². The van der Waals surface area contributed by atoms with Crippen molar-refractivity contribution in [2.24, 2.45) is 0 Å². The van der Waals surface area contributed by atoms with Crippen LogP contribution in [0.4, 0.5) is 0 Å². The molecule has 0 aliphatic carbocycles. The van der Waals surface area contributed by atoms with Crippen LogP contribution in [-0.4, -0.2) is 9.88 Å². The molecule has 4 heteroatoms. The first-order valence-corrected chi connectivity index (χ1v) is 4.03. The Kier molecular flexibility index (Phi) is 2.21. The molecule has 0 unspecified atom stereocenters. The van der Waals surface area contributed by atoms with E-state index in [0.717, 1.165) is 6.54 Å². The lowest BCUT2D eigenvalue weighted by molar-refractivity contribution is 0.890. The molecule has 0 saturated carbocycles. The fraction of sp³-hybridized carbons (Fsp3) is 0.333. The minimum atomic E-state index is 0.977. The van der Waals surface area contributed by atoms with Gasteiger partial charge in [-0.05, 0) is 34.0 Å². The molecule has 0 bridgehead atoms. The molecule has 1 aliphatic heterocycles. The van der Waals surface area contributed by atoms with Gasteiger partial charge in [-0.2, -0.15) is 3.33 Å². The predicted octanol–water partition coefficient (Wildman–Crippen LogP) is 2.50. The van der Waals surface area contributed by atoms with Crippen molar-refractivity contribution >= 4 is 44.0 Å². The lowest BCUT2D eigenvalue weighted by Gasteiger charge is -1.97. The molecular weight excluding hydrogens is 242 g/mol. The molecule has 1 nitrogen and oxygen atoms in total. The highest BCUT2D eigenvalue weighted by Gasteiger charge is 2.07. The van der Waals surface area contributed by atoms with Crippen molar-refractivity contribution in [2.75, 3.05) is 6.54 Å². The SMILES string of the molecule is BrC1=CCN(Br)S1. The van der Waals surface area contributed by atoms with Gasteiger partial charge in [0.1, 0.15) is 0 Å². The molecule has 0 aromatic heterocycles. The van der Waals surface area contributed by atoms with Gasteiger partial charge in [-0.1, -0.05) is 0 Å². The topological polar surface area (TPSA) is 3.24 Å². The number of nitrogens with zero attached hydrogens (tertiary/aromatic N) is 1. The first-order chi connectivity index (χ1) is 3.29. The van der Waals surface area contributed by atoms with Gasteiger partial charge < -0.3 is 0 Å².